The van der Waals surface area contributed by atoms with Crippen LogP contribution in [0.25, 0.3) is 37.9 Å². The van der Waals surface area contributed by atoms with E-state index in [4.69, 9.17) is 0 Å². The lowest BCUT2D eigenvalue weighted by molar-refractivity contribution is -0.113. The normalized spacial score (nSPS) is 24.6. The molecule has 0 saturated carbocycles. The fourth-order valence-corrected chi connectivity index (χ4v) is 8.62. The van der Waals surface area contributed by atoms with Gasteiger partial charge in [0.05, 0.1) is 0 Å². The SMILES string of the molecule is CC(=O)C1=C2C=C(C(C)(C)C)C=C3C(c4ccc5ccc6cccc7ccc4c5c67)=CC4=CC(C(C)(C)C)=CC(=C1)[C@@]4(C)[C@@]32C. The molecule has 1 nitrogen and oxygen atoms in total. The Morgan fingerprint density at radius 1 is 0.600 bits per heavy atom. The second-order valence-corrected chi connectivity index (χ2v) is 16.1. The lowest BCUT2D eigenvalue weighted by Gasteiger charge is -2.59. The molecule has 0 heterocycles. The maximum absolute atomic E-state index is 13.5. The summed E-state index contributed by atoms with van der Waals surface area (Å²) in [7, 11) is 0. The van der Waals surface area contributed by atoms with Crippen LogP contribution in [0.1, 0.15) is 67.9 Å². The third-order valence-corrected chi connectivity index (χ3v) is 11.6. The van der Waals surface area contributed by atoms with E-state index in [1.54, 1.807) is 6.92 Å². The molecule has 0 fully saturated rings. The summed E-state index contributed by atoms with van der Waals surface area (Å²) in [6, 6.07) is 20.4. The molecule has 0 radical (unpaired) electrons. The Hall–Kier alpha value is -4.23. The van der Waals surface area contributed by atoms with E-state index >= 15 is 0 Å². The molecule has 4 aromatic carbocycles. The minimum Gasteiger partial charge on any atom is -0.295 e. The third-order valence-electron chi connectivity index (χ3n) is 11.6. The van der Waals surface area contributed by atoms with Crippen LogP contribution in [0.3, 0.4) is 0 Å². The summed E-state index contributed by atoms with van der Waals surface area (Å²) in [5, 5.41) is 7.80. The molecule has 2 atom stereocenters. The molecule has 4 aliphatic rings. The van der Waals surface area contributed by atoms with Gasteiger partial charge >= 0.3 is 0 Å². The number of Topliss-reactive ketones (excluding diaryl/α,β-unsaturated/α-hetero) is 1. The molecule has 0 amide bonds. The van der Waals surface area contributed by atoms with Gasteiger partial charge in [-0.1, -0.05) is 134 Å². The molecule has 0 aromatic heterocycles. The maximum atomic E-state index is 13.5. The van der Waals surface area contributed by atoms with E-state index in [0.29, 0.717) is 0 Å². The van der Waals surface area contributed by atoms with E-state index in [9.17, 15) is 4.79 Å². The first kappa shape index (κ1) is 28.3. The van der Waals surface area contributed by atoms with Gasteiger partial charge in [-0.2, -0.15) is 0 Å². The molecule has 4 aromatic rings. The van der Waals surface area contributed by atoms with Crippen molar-refractivity contribution >= 4 is 43.7 Å². The van der Waals surface area contributed by atoms with Crippen LogP contribution in [0.4, 0.5) is 0 Å². The molecular weight excluding hydrogens is 544 g/mol. The van der Waals surface area contributed by atoms with Crippen LogP contribution >= 0.6 is 0 Å². The van der Waals surface area contributed by atoms with Gasteiger partial charge in [0.1, 0.15) is 0 Å². The zero-order valence-corrected chi connectivity index (χ0v) is 28.1. The van der Waals surface area contributed by atoms with E-state index in [1.807, 2.05) is 0 Å². The van der Waals surface area contributed by atoms with Crippen LogP contribution in [0, 0.1) is 21.7 Å². The van der Waals surface area contributed by atoms with Gasteiger partial charge in [-0.05, 0) is 107 Å². The fourth-order valence-electron chi connectivity index (χ4n) is 8.62. The topological polar surface area (TPSA) is 17.1 Å². The zero-order chi connectivity index (χ0) is 31.8. The molecule has 224 valence electrons. The molecule has 45 heavy (non-hydrogen) atoms. The van der Waals surface area contributed by atoms with Crippen LogP contribution < -0.4 is 0 Å². The minimum absolute atomic E-state index is 0.0283. The molecule has 0 saturated heterocycles. The number of carbonyl (C=O) groups is 1. The Kier molecular flexibility index (Phi) is 5.48. The van der Waals surface area contributed by atoms with E-state index in [0.717, 1.165) is 11.1 Å². The van der Waals surface area contributed by atoms with E-state index in [-0.39, 0.29) is 22.0 Å². The van der Waals surface area contributed by atoms with E-state index in [2.05, 4.69) is 146 Å². The van der Waals surface area contributed by atoms with Crippen molar-refractivity contribution in [2.75, 3.05) is 0 Å². The first-order valence-corrected chi connectivity index (χ1v) is 16.4. The maximum Gasteiger partial charge on any atom is 0.160 e. The van der Waals surface area contributed by atoms with Gasteiger partial charge < -0.3 is 0 Å². The number of hydrogen-bond donors (Lipinski definition) is 0. The lowest BCUT2D eigenvalue weighted by Crippen LogP contribution is -2.50. The highest BCUT2D eigenvalue weighted by atomic mass is 16.1. The standard InChI is InChI=1S/C44H42O/c1-25(45)35-21-31-19-29(41(2,3)4)20-32-22-36(38-24-30(42(5,6)7)23-37(35)44(38,9)43(31,32)8)33-17-15-28-14-13-26-11-10-12-27-16-18-34(33)40(28)39(26)27/h10-24H,1-9H3/t43-,44-/m1/s1. The fraction of sp³-hybridized carbons (Fsp3) is 0.295. The van der Waals surface area contributed by atoms with Crippen molar-refractivity contribution < 1.29 is 4.79 Å². The zero-order valence-electron chi connectivity index (χ0n) is 28.1. The van der Waals surface area contributed by atoms with Crippen LogP contribution in [0.2, 0.25) is 0 Å². The number of benzene rings is 4. The summed E-state index contributed by atoms with van der Waals surface area (Å²) in [6.45, 7) is 20.3. The van der Waals surface area contributed by atoms with Gasteiger partial charge in [-0.3, -0.25) is 4.79 Å². The molecule has 0 spiro atoms. The number of hydrogen-bond acceptors (Lipinski definition) is 1. The number of carbonyl (C=O) groups excluding carboxylic acids is 1. The van der Waals surface area contributed by atoms with Crippen LogP contribution in [0.5, 0.6) is 0 Å². The van der Waals surface area contributed by atoms with Crippen molar-refractivity contribution in [3.8, 4) is 0 Å². The first-order valence-electron chi connectivity index (χ1n) is 16.4. The van der Waals surface area contributed by atoms with Crippen molar-refractivity contribution in [3.05, 3.63) is 136 Å². The number of ketones is 1. The smallest absolute Gasteiger partial charge is 0.160 e. The van der Waals surface area contributed by atoms with Gasteiger partial charge in [0.25, 0.3) is 0 Å². The summed E-state index contributed by atoms with van der Waals surface area (Å²) in [5.41, 5.74) is 10.1. The van der Waals surface area contributed by atoms with Gasteiger partial charge in [-0.15, -0.1) is 0 Å². The quantitative estimate of drug-likeness (QED) is 0.214. The predicted molar refractivity (Wildman–Crippen MR) is 191 cm³/mol. The molecule has 0 aliphatic heterocycles. The van der Waals surface area contributed by atoms with Crippen molar-refractivity contribution in [1.82, 2.24) is 0 Å². The molecule has 0 N–H and O–H groups in total. The van der Waals surface area contributed by atoms with E-state index < -0.39 is 5.41 Å². The molecule has 0 bridgehead atoms. The predicted octanol–water partition coefficient (Wildman–Crippen LogP) is 11.6. The monoisotopic (exact) mass is 586 g/mol. The molecule has 1 heteroatoms. The first-order chi connectivity index (χ1) is 21.1. The Morgan fingerprint density at radius 2 is 1.18 bits per heavy atom. The van der Waals surface area contributed by atoms with Gasteiger partial charge in [0.15, 0.2) is 5.78 Å². The average Bonchev–Trinajstić information content (AvgIpc) is 2.97. The van der Waals surface area contributed by atoms with Gasteiger partial charge in [0.2, 0.25) is 0 Å². The second-order valence-electron chi connectivity index (χ2n) is 16.1. The van der Waals surface area contributed by atoms with Crippen molar-refractivity contribution in [2.45, 2.75) is 62.3 Å². The second kappa shape index (κ2) is 8.73. The molecule has 4 aliphatic carbocycles. The van der Waals surface area contributed by atoms with Crippen LogP contribution in [0.15, 0.2) is 130 Å². The Balaban J connectivity index is 1.53. The summed E-state index contributed by atoms with van der Waals surface area (Å²) in [5.74, 6) is 0.132. The summed E-state index contributed by atoms with van der Waals surface area (Å²) in [4.78, 5) is 13.5. The van der Waals surface area contributed by atoms with Gasteiger partial charge in [-0.25, -0.2) is 0 Å². The molecular formula is C44H42O. The summed E-state index contributed by atoms with van der Waals surface area (Å²) < 4.78 is 0. The minimum atomic E-state index is -0.424. The van der Waals surface area contributed by atoms with Crippen LogP contribution in [-0.4, -0.2) is 5.78 Å². The largest absolute Gasteiger partial charge is 0.295 e. The Bertz CT molecular complexity index is 2240. The summed E-state index contributed by atoms with van der Waals surface area (Å²) in [6.07, 6.45) is 14.4. The molecule has 8 rings (SSSR count). The lowest BCUT2D eigenvalue weighted by atomic mass is 9.43. The van der Waals surface area contributed by atoms with Crippen molar-refractivity contribution in [2.24, 2.45) is 21.7 Å². The van der Waals surface area contributed by atoms with E-state index in [1.165, 1.54) is 71.3 Å². The highest BCUT2D eigenvalue weighted by molar-refractivity contribution is 6.25. The summed E-state index contributed by atoms with van der Waals surface area (Å²) >= 11 is 0. The Morgan fingerprint density at radius 3 is 1.82 bits per heavy atom. The third kappa shape index (κ3) is 3.59. The highest BCUT2D eigenvalue weighted by Crippen LogP contribution is 2.70. The Labute approximate surface area is 267 Å². The van der Waals surface area contributed by atoms with Gasteiger partial charge in [0, 0.05) is 16.4 Å². The average molecular weight is 587 g/mol. The van der Waals surface area contributed by atoms with Crippen molar-refractivity contribution in [1.29, 1.82) is 0 Å². The van der Waals surface area contributed by atoms with Crippen molar-refractivity contribution in [3.63, 3.8) is 0 Å². The molecule has 0 unspecified atom stereocenters. The van der Waals surface area contributed by atoms with Crippen LogP contribution in [-0.2, 0) is 4.79 Å². The number of rotatable bonds is 2. The highest BCUT2D eigenvalue weighted by Gasteiger charge is 2.59. The number of allylic oxidation sites excluding steroid dienone is 14.